The fourth-order valence-corrected chi connectivity index (χ4v) is 6.35. The Kier molecular flexibility index (Phi) is 6.32. The number of fused-ring (bicyclic) bond motifs is 2. The van der Waals surface area contributed by atoms with Gasteiger partial charge in [-0.1, -0.05) is 64.5 Å². The van der Waals surface area contributed by atoms with E-state index in [4.69, 9.17) is 0 Å². The lowest BCUT2D eigenvalue weighted by Crippen LogP contribution is -2.64. The van der Waals surface area contributed by atoms with Gasteiger partial charge in [0.15, 0.2) is 0 Å². The lowest BCUT2D eigenvalue weighted by Gasteiger charge is -2.46. The summed E-state index contributed by atoms with van der Waals surface area (Å²) in [4.78, 5) is 45.5. The molecule has 3 aromatic carbocycles. The third-order valence-electron chi connectivity index (χ3n) is 7.97. The highest BCUT2D eigenvalue weighted by Gasteiger charge is 2.55. The second-order valence-electron chi connectivity index (χ2n) is 10.1. The Hall–Kier alpha value is -3.45. The van der Waals surface area contributed by atoms with Crippen LogP contribution in [0.1, 0.15) is 30.7 Å². The zero-order chi connectivity index (χ0) is 25.5. The Labute approximate surface area is 225 Å². The first-order chi connectivity index (χ1) is 18.1. The number of aldehydes is 1. The highest BCUT2D eigenvalue weighted by atomic mass is 79.9. The first-order valence-electron chi connectivity index (χ1n) is 12.8. The van der Waals surface area contributed by atoms with E-state index in [0.29, 0.717) is 6.54 Å². The number of amides is 3. The maximum absolute atomic E-state index is 14.1. The summed E-state index contributed by atoms with van der Waals surface area (Å²) in [5.41, 5.74) is 2.66. The van der Waals surface area contributed by atoms with E-state index in [1.807, 2.05) is 77.7 Å². The van der Waals surface area contributed by atoms with Gasteiger partial charge < -0.3 is 14.6 Å². The molecule has 3 unspecified atom stereocenters. The summed E-state index contributed by atoms with van der Waals surface area (Å²) in [6.07, 6.45) is 3.23. The number of anilines is 2. The second-order valence-corrected chi connectivity index (χ2v) is 11.0. The Bertz CT molecular complexity index is 1260. The summed E-state index contributed by atoms with van der Waals surface area (Å²) >= 11 is 3.47. The molecule has 6 nitrogen and oxygen atoms in total. The number of hydrogen-bond donors (Lipinski definition) is 0. The third kappa shape index (κ3) is 4.35. The van der Waals surface area contributed by atoms with Crippen LogP contribution in [0.4, 0.5) is 16.2 Å². The molecule has 2 aliphatic heterocycles. The van der Waals surface area contributed by atoms with Gasteiger partial charge in [0.25, 0.3) is 0 Å². The molecule has 2 heterocycles. The summed E-state index contributed by atoms with van der Waals surface area (Å²) in [6.45, 7) is 0.357. The van der Waals surface area contributed by atoms with E-state index >= 15 is 0 Å². The molecule has 2 saturated heterocycles. The van der Waals surface area contributed by atoms with Crippen molar-refractivity contribution in [3.8, 4) is 0 Å². The van der Waals surface area contributed by atoms with Crippen molar-refractivity contribution in [3.63, 3.8) is 0 Å². The molecule has 0 radical (unpaired) electrons. The van der Waals surface area contributed by atoms with E-state index in [1.165, 1.54) is 5.56 Å². The number of piperazine rings is 1. The second kappa shape index (κ2) is 9.78. The van der Waals surface area contributed by atoms with E-state index in [9.17, 15) is 14.4 Å². The summed E-state index contributed by atoms with van der Waals surface area (Å²) in [5.74, 6) is 0.298. The average molecular weight is 558 g/mol. The first-order valence-corrected chi connectivity index (χ1v) is 13.6. The van der Waals surface area contributed by atoms with Crippen LogP contribution >= 0.6 is 15.9 Å². The van der Waals surface area contributed by atoms with Gasteiger partial charge in [0.1, 0.15) is 12.3 Å². The molecule has 3 aliphatic rings. The van der Waals surface area contributed by atoms with Crippen molar-refractivity contribution >= 4 is 45.5 Å². The van der Waals surface area contributed by atoms with Crippen LogP contribution in [0.3, 0.4) is 0 Å². The van der Waals surface area contributed by atoms with Crippen molar-refractivity contribution in [2.75, 3.05) is 11.4 Å². The molecule has 3 amide bonds. The fourth-order valence-electron chi connectivity index (χ4n) is 6.09. The molecule has 6 rings (SSSR count). The van der Waals surface area contributed by atoms with Crippen LogP contribution in [0.5, 0.6) is 0 Å². The minimum atomic E-state index is -0.671. The summed E-state index contributed by atoms with van der Waals surface area (Å²) in [6, 6.07) is 25.9. The normalized spacial score (nSPS) is 26.0. The van der Waals surface area contributed by atoms with Crippen LogP contribution in [0.15, 0.2) is 89.4 Å². The number of urea groups is 1. The fraction of sp³-hybridized carbons (Fsp3) is 0.300. The molecule has 1 aliphatic carbocycles. The van der Waals surface area contributed by atoms with E-state index in [-0.39, 0.29) is 35.9 Å². The largest absolute Gasteiger partial charge is 0.332 e. The molecular weight excluding hydrogens is 530 g/mol. The molecule has 7 heteroatoms. The van der Waals surface area contributed by atoms with Gasteiger partial charge in [0.2, 0.25) is 5.91 Å². The third-order valence-corrected chi connectivity index (χ3v) is 8.50. The smallest absolute Gasteiger partial charge is 0.329 e. The van der Waals surface area contributed by atoms with Crippen molar-refractivity contribution in [2.24, 2.45) is 5.92 Å². The highest BCUT2D eigenvalue weighted by Crippen LogP contribution is 2.50. The number of likely N-dealkylation sites (tertiary alicyclic amines) is 1. The lowest BCUT2D eigenvalue weighted by atomic mass is 10.0. The Morgan fingerprint density at radius 1 is 0.865 bits per heavy atom. The Morgan fingerprint density at radius 2 is 1.49 bits per heavy atom. The molecule has 3 fully saturated rings. The standard InChI is InChI=1S/C30H28BrN3O3/c31-21-13-11-20(12-14-21)25-17-26(25)29(36)34-24-15-16-27(34)28(19-35)32(18-24)30(37)33(22-7-3-1-4-8-22)23-9-5-2-6-10-23/h1-14,19,24-28H,15-18H2/t24-,25?,26?,27?,28+/m0/s1. The monoisotopic (exact) mass is 557 g/mol. The average Bonchev–Trinajstić information content (AvgIpc) is 3.67. The number of carbonyl (C=O) groups excluding carboxylic acids is 3. The van der Waals surface area contributed by atoms with E-state index < -0.39 is 6.04 Å². The van der Waals surface area contributed by atoms with Crippen molar-refractivity contribution in [1.82, 2.24) is 9.80 Å². The SMILES string of the molecule is O=C[C@@H]1C2CC[C@@H](CN1C(=O)N(c1ccccc1)c1ccccc1)N2C(=O)C1CC1c1ccc(Br)cc1. The minimum Gasteiger partial charge on any atom is -0.332 e. The topological polar surface area (TPSA) is 60.9 Å². The quantitative estimate of drug-likeness (QED) is 0.375. The molecule has 0 spiro atoms. The number of rotatable bonds is 5. The molecule has 0 N–H and O–H groups in total. The Balaban J connectivity index is 1.25. The molecule has 5 atom stereocenters. The number of nitrogens with zero attached hydrogens (tertiary/aromatic N) is 3. The van der Waals surface area contributed by atoms with Crippen molar-refractivity contribution in [1.29, 1.82) is 0 Å². The summed E-state index contributed by atoms with van der Waals surface area (Å²) in [7, 11) is 0. The van der Waals surface area contributed by atoms with Crippen LogP contribution < -0.4 is 4.90 Å². The van der Waals surface area contributed by atoms with Gasteiger partial charge in [-0.15, -0.1) is 0 Å². The summed E-state index contributed by atoms with van der Waals surface area (Å²) in [5, 5.41) is 0. The van der Waals surface area contributed by atoms with E-state index in [0.717, 1.165) is 41.4 Å². The van der Waals surface area contributed by atoms with Gasteiger partial charge in [-0.3, -0.25) is 9.69 Å². The number of halogens is 1. The van der Waals surface area contributed by atoms with Crippen LogP contribution in [0.25, 0.3) is 0 Å². The maximum atomic E-state index is 14.1. The van der Waals surface area contributed by atoms with Crippen LogP contribution in [-0.2, 0) is 9.59 Å². The van der Waals surface area contributed by atoms with Gasteiger partial charge in [0, 0.05) is 23.0 Å². The van der Waals surface area contributed by atoms with E-state index in [2.05, 4.69) is 28.1 Å². The molecule has 37 heavy (non-hydrogen) atoms. The number of hydrogen-bond acceptors (Lipinski definition) is 3. The maximum Gasteiger partial charge on any atom is 0.329 e. The van der Waals surface area contributed by atoms with Gasteiger partial charge in [-0.2, -0.15) is 0 Å². The van der Waals surface area contributed by atoms with Crippen LogP contribution in [-0.4, -0.2) is 52.7 Å². The van der Waals surface area contributed by atoms with Crippen molar-refractivity contribution < 1.29 is 14.4 Å². The minimum absolute atomic E-state index is 0.0519. The van der Waals surface area contributed by atoms with Gasteiger partial charge in [0.05, 0.1) is 17.4 Å². The summed E-state index contributed by atoms with van der Waals surface area (Å²) < 4.78 is 1.02. The van der Waals surface area contributed by atoms with Crippen LogP contribution in [0.2, 0.25) is 0 Å². The van der Waals surface area contributed by atoms with Gasteiger partial charge in [-0.25, -0.2) is 4.79 Å². The number of benzene rings is 3. The molecule has 1 saturated carbocycles. The van der Waals surface area contributed by atoms with Gasteiger partial charge in [-0.05, 0) is 67.1 Å². The van der Waals surface area contributed by atoms with Crippen molar-refractivity contribution in [3.05, 3.63) is 95.0 Å². The molecule has 188 valence electrons. The number of para-hydroxylation sites is 2. The van der Waals surface area contributed by atoms with Crippen molar-refractivity contribution in [2.45, 2.75) is 43.3 Å². The molecule has 2 bridgehead atoms. The highest BCUT2D eigenvalue weighted by molar-refractivity contribution is 9.10. The number of carbonyl (C=O) groups is 3. The predicted molar refractivity (Wildman–Crippen MR) is 146 cm³/mol. The predicted octanol–water partition coefficient (Wildman–Crippen LogP) is 5.75. The lowest BCUT2D eigenvalue weighted by molar-refractivity contribution is -0.140. The molecular formula is C30H28BrN3O3. The zero-order valence-electron chi connectivity index (χ0n) is 20.3. The molecule has 0 aromatic heterocycles. The molecule has 3 aromatic rings. The van der Waals surface area contributed by atoms with E-state index in [1.54, 1.807) is 9.80 Å². The first kappa shape index (κ1) is 23.9. The Morgan fingerprint density at radius 3 is 2.08 bits per heavy atom. The van der Waals surface area contributed by atoms with Gasteiger partial charge >= 0.3 is 6.03 Å². The van der Waals surface area contributed by atoms with Crippen LogP contribution in [0, 0.1) is 5.92 Å². The zero-order valence-corrected chi connectivity index (χ0v) is 21.9.